The monoisotopic (exact) mass is 460 g/mol. The lowest BCUT2D eigenvalue weighted by Crippen LogP contribution is -2.03. The largest absolute Gasteiger partial charge is 0.284 e. The van der Waals surface area contributed by atoms with Crippen molar-refractivity contribution in [2.24, 2.45) is 4.99 Å². The van der Waals surface area contributed by atoms with Gasteiger partial charge < -0.3 is 0 Å². The van der Waals surface area contributed by atoms with E-state index in [0.29, 0.717) is 28.9 Å². The van der Waals surface area contributed by atoms with E-state index in [1.807, 2.05) is 32.0 Å². The number of fused-ring (bicyclic) bond motifs is 3. The average molecular weight is 460 g/mol. The van der Waals surface area contributed by atoms with Gasteiger partial charge in [-0.1, -0.05) is 39.0 Å². The number of nitrogens with zero attached hydrogens (tertiary/aromatic N) is 4. The van der Waals surface area contributed by atoms with E-state index >= 15 is 0 Å². The molecule has 0 spiro atoms. The van der Waals surface area contributed by atoms with Gasteiger partial charge in [0.2, 0.25) is 0 Å². The quantitative estimate of drug-likeness (QED) is 0.246. The van der Waals surface area contributed by atoms with Crippen molar-refractivity contribution in [1.29, 1.82) is 0 Å². The van der Waals surface area contributed by atoms with Crippen LogP contribution in [0.15, 0.2) is 53.5 Å². The zero-order valence-corrected chi connectivity index (χ0v) is 18.6. The maximum Gasteiger partial charge on any atom is 0.284 e. The fraction of sp³-hybridized carbons (Fsp3) is 0.208. The zero-order chi connectivity index (χ0) is 24.7. The Morgan fingerprint density at radius 3 is 2.09 bits per heavy atom. The smallest absolute Gasteiger partial charge is 0.258 e. The maximum absolute atomic E-state index is 11.9. The van der Waals surface area contributed by atoms with Gasteiger partial charge in [-0.25, -0.2) is 4.99 Å². The molecule has 3 aromatic rings. The van der Waals surface area contributed by atoms with Crippen LogP contribution in [-0.4, -0.2) is 20.5 Å². The molecule has 0 saturated heterocycles. The molecular weight excluding hydrogens is 440 g/mol. The van der Waals surface area contributed by atoms with Crippen molar-refractivity contribution in [2.75, 3.05) is 0 Å². The Balaban J connectivity index is 2.14. The fourth-order valence-electron chi connectivity index (χ4n) is 4.28. The van der Waals surface area contributed by atoms with E-state index in [1.54, 1.807) is 19.1 Å². The minimum absolute atomic E-state index is 0.0946. The molecule has 0 heterocycles. The van der Waals surface area contributed by atoms with E-state index in [9.17, 15) is 30.3 Å². The van der Waals surface area contributed by atoms with Crippen molar-refractivity contribution in [3.8, 4) is 11.1 Å². The first-order valence-electron chi connectivity index (χ1n) is 10.6. The van der Waals surface area contributed by atoms with Gasteiger partial charge in [-0.2, -0.15) is 0 Å². The normalized spacial score (nSPS) is 13.1. The van der Waals surface area contributed by atoms with Crippen LogP contribution in [0, 0.1) is 30.3 Å². The summed E-state index contributed by atoms with van der Waals surface area (Å²) in [6.07, 6.45) is 0.359. The zero-order valence-electron chi connectivity index (χ0n) is 18.6. The van der Waals surface area contributed by atoms with Crippen molar-refractivity contribution in [3.05, 3.63) is 101 Å². The van der Waals surface area contributed by atoms with E-state index in [4.69, 9.17) is 4.99 Å². The molecular formula is C24H20N4O6. The Hall–Kier alpha value is -4.47. The average Bonchev–Trinajstić information content (AvgIpc) is 3.10. The number of benzene rings is 3. The molecule has 4 rings (SSSR count). The standard InChI is InChI=1S/C24H20N4O6/c1-4-14-9-18-17(12-21(14)27(31)32)23-19(10-15(26(29)30)11-22(23)28(33)34)24(18)25-20-8-6-5-7-16(20)13(2)3/h5-13H,4H2,1-3H3. The van der Waals surface area contributed by atoms with Crippen LogP contribution < -0.4 is 0 Å². The van der Waals surface area contributed by atoms with Gasteiger partial charge >= 0.3 is 0 Å². The molecule has 0 aromatic heterocycles. The predicted molar refractivity (Wildman–Crippen MR) is 127 cm³/mol. The lowest BCUT2D eigenvalue weighted by Gasteiger charge is -2.11. The van der Waals surface area contributed by atoms with Crippen LogP contribution in [0.5, 0.6) is 0 Å². The summed E-state index contributed by atoms with van der Waals surface area (Å²) < 4.78 is 0. The summed E-state index contributed by atoms with van der Waals surface area (Å²) in [5.41, 5.74) is 2.24. The number of aliphatic imine (C=N–C) groups is 1. The van der Waals surface area contributed by atoms with Gasteiger partial charge in [-0.15, -0.1) is 0 Å². The number of hydrogen-bond donors (Lipinski definition) is 0. The van der Waals surface area contributed by atoms with Crippen molar-refractivity contribution in [3.63, 3.8) is 0 Å². The highest BCUT2D eigenvalue weighted by Crippen LogP contribution is 2.47. The SMILES string of the molecule is CCc1cc2c(cc1[N+](=O)[O-])-c1c(cc([N+](=O)[O-])cc1[N+](=O)[O-])C2=Nc1ccccc1C(C)C. The molecule has 10 nitrogen and oxygen atoms in total. The van der Waals surface area contributed by atoms with Gasteiger partial charge in [0.15, 0.2) is 0 Å². The summed E-state index contributed by atoms with van der Waals surface area (Å²) in [6.45, 7) is 5.78. The second-order valence-electron chi connectivity index (χ2n) is 8.21. The first kappa shape index (κ1) is 22.7. The molecule has 0 amide bonds. The van der Waals surface area contributed by atoms with E-state index < -0.39 is 26.1 Å². The minimum Gasteiger partial charge on any atom is -0.258 e. The summed E-state index contributed by atoms with van der Waals surface area (Å²) in [4.78, 5) is 38.0. The third-order valence-electron chi connectivity index (χ3n) is 5.88. The molecule has 172 valence electrons. The predicted octanol–water partition coefficient (Wildman–Crippen LogP) is 6.25. The molecule has 3 aromatic carbocycles. The van der Waals surface area contributed by atoms with Gasteiger partial charge in [0, 0.05) is 34.4 Å². The summed E-state index contributed by atoms with van der Waals surface area (Å²) in [6, 6.07) is 12.5. The highest BCUT2D eigenvalue weighted by Gasteiger charge is 2.37. The lowest BCUT2D eigenvalue weighted by atomic mass is 9.99. The molecule has 1 aliphatic carbocycles. The number of hydrogen-bond acceptors (Lipinski definition) is 7. The van der Waals surface area contributed by atoms with Crippen LogP contribution in [0.25, 0.3) is 11.1 Å². The second kappa shape index (κ2) is 8.47. The molecule has 0 saturated carbocycles. The Kier molecular flexibility index (Phi) is 5.66. The number of nitro groups is 3. The van der Waals surface area contributed by atoms with Gasteiger partial charge in [-0.05, 0) is 30.0 Å². The first-order valence-corrected chi connectivity index (χ1v) is 10.6. The van der Waals surface area contributed by atoms with Crippen LogP contribution in [0.3, 0.4) is 0 Å². The molecule has 0 unspecified atom stereocenters. The molecule has 0 bridgehead atoms. The topological polar surface area (TPSA) is 142 Å². The Labute approximate surface area is 194 Å². The number of aryl methyl sites for hydroxylation is 1. The van der Waals surface area contributed by atoms with Crippen molar-refractivity contribution < 1.29 is 14.8 Å². The first-order chi connectivity index (χ1) is 16.1. The highest BCUT2D eigenvalue weighted by molar-refractivity contribution is 6.27. The van der Waals surface area contributed by atoms with E-state index in [-0.39, 0.29) is 28.3 Å². The number of non-ortho nitro benzene ring substituents is 1. The third-order valence-corrected chi connectivity index (χ3v) is 5.88. The summed E-state index contributed by atoms with van der Waals surface area (Å²) in [5.74, 6) is 0.128. The van der Waals surface area contributed by atoms with Crippen molar-refractivity contribution in [2.45, 2.75) is 33.1 Å². The second-order valence-corrected chi connectivity index (χ2v) is 8.21. The van der Waals surface area contributed by atoms with Crippen LogP contribution in [0.2, 0.25) is 0 Å². The summed E-state index contributed by atoms with van der Waals surface area (Å²) >= 11 is 0. The van der Waals surface area contributed by atoms with Gasteiger partial charge in [0.25, 0.3) is 17.1 Å². The molecule has 0 aliphatic heterocycles. The number of rotatable bonds is 6. The third kappa shape index (κ3) is 3.68. The Bertz CT molecular complexity index is 1410. The van der Waals surface area contributed by atoms with Crippen LogP contribution in [0.4, 0.5) is 22.7 Å². The molecule has 34 heavy (non-hydrogen) atoms. The molecule has 0 N–H and O–H groups in total. The number of para-hydroxylation sites is 1. The fourth-order valence-corrected chi connectivity index (χ4v) is 4.28. The van der Waals surface area contributed by atoms with Gasteiger partial charge in [0.05, 0.1) is 37.8 Å². The van der Waals surface area contributed by atoms with Crippen LogP contribution in [0.1, 0.15) is 48.9 Å². The van der Waals surface area contributed by atoms with Gasteiger partial charge in [-0.3, -0.25) is 30.3 Å². The van der Waals surface area contributed by atoms with E-state index in [1.165, 1.54) is 12.1 Å². The Morgan fingerprint density at radius 2 is 1.50 bits per heavy atom. The molecule has 10 heteroatoms. The van der Waals surface area contributed by atoms with Crippen LogP contribution in [-0.2, 0) is 6.42 Å². The van der Waals surface area contributed by atoms with E-state index in [2.05, 4.69) is 0 Å². The molecule has 0 atom stereocenters. The maximum atomic E-state index is 11.9. The van der Waals surface area contributed by atoms with Crippen LogP contribution >= 0.6 is 0 Å². The van der Waals surface area contributed by atoms with E-state index in [0.717, 1.165) is 11.6 Å². The lowest BCUT2D eigenvalue weighted by molar-refractivity contribution is -0.393. The number of nitro benzene ring substituents is 3. The minimum atomic E-state index is -0.708. The highest BCUT2D eigenvalue weighted by atomic mass is 16.6. The molecule has 1 aliphatic rings. The van der Waals surface area contributed by atoms with Crippen molar-refractivity contribution in [1.82, 2.24) is 0 Å². The van der Waals surface area contributed by atoms with Crippen molar-refractivity contribution >= 4 is 28.5 Å². The molecule has 0 fully saturated rings. The molecule has 0 radical (unpaired) electrons. The Morgan fingerprint density at radius 1 is 0.824 bits per heavy atom. The summed E-state index contributed by atoms with van der Waals surface area (Å²) in [7, 11) is 0. The summed E-state index contributed by atoms with van der Waals surface area (Å²) in [5, 5.41) is 35.2. The van der Waals surface area contributed by atoms with Gasteiger partial charge in [0.1, 0.15) is 0 Å².